The van der Waals surface area contributed by atoms with E-state index in [9.17, 15) is 4.39 Å². The first kappa shape index (κ1) is 26.0. The predicted octanol–water partition coefficient (Wildman–Crippen LogP) is 10.4. The second-order valence-corrected chi connectivity index (χ2v) is 12.4. The van der Waals surface area contributed by atoms with Crippen molar-refractivity contribution in [2.24, 2.45) is 29.6 Å². The van der Waals surface area contributed by atoms with Gasteiger partial charge in [-0.1, -0.05) is 102 Å². The summed E-state index contributed by atoms with van der Waals surface area (Å²) in [5.74, 6) is 5.42. The molecule has 0 heterocycles. The number of fused-ring (bicyclic) bond motifs is 1. The maximum atomic E-state index is 14.5. The minimum atomic E-state index is -0.0336. The molecule has 1 aromatic carbocycles. The number of unbranched alkanes of at least 4 members (excludes halogenated alkanes) is 3. The number of allylic oxidation sites excluding steroid dienone is 1. The number of hydrogen-bond donors (Lipinski definition) is 0. The number of benzene rings is 1. The molecule has 0 aromatic heterocycles. The van der Waals surface area contributed by atoms with Gasteiger partial charge in [0.15, 0.2) is 0 Å². The van der Waals surface area contributed by atoms with Crippen molar-refractivity contribution in [1.82, 2.24) is 0 Å². The van der Waals surface area contributed by atoms with Crippen molar-refractivity contribution in [3.05, 3.63) is 47.8 Å². The quantitative estimate of drug-likeness (QED) is 0.225. The standard InChI is InChI=1S/C33H51F/c1-3-5-6-7-9-25-10-12-26(13-11-25)14-15-27-16-17-30-23-31(21-20-29(30)22-27)32-19-18-28(8-4-2)33(34)24-32/h4,18-19,24-27,29-31H,2-3,5-17,20-23H2,1H3. The lowest BCUT2D eigenvalue weighted by Crippen LogP contribution is -2.30. The van der Waals surface area contributed by atoms with E-state index in [0.717, 1.165) is 35.2 Å². The zero-order valence-electron chi connectivity index (χ0n) is 22.1. The Balaban J connectivity index is 1.15. The molecule has 4 rings (SSSR count). The molecule has 1 aromatic rings. The van der Waals surface area contributed by atoms with E-state index in [2.05, 4.69) is 19.6 Å². The van der Waals surface area contributed by atoms with Crippen LogP contribution >= 0.6 is 0 Å². The van der Waals surface area contributed by atoms with Gasteiger partial charge in [-0.3, -0.25) is 0 Å². The van der Waals surface area contributed by atoms with Crippen molar-refractivity contribution in [3.63, 3.8) is 0 Å². The van der Waals surface area contributed by atoms with E-state index in [0.29, 0.717) is 12.3 Å². The minimum Gasteiger partial charge on any atom is -0.207 e. The topological polar surface area (TPSA) is 0 Å². The molecule has 1 heteroatoms. The third kappa shape index (κ3) is 7.20. The van der Waals surface area contributed by atoms with E-state index < -0.39 is 0 Å². The van der Waals surface area contributed by atoms with Gasteiger partial charge in [-0.2, -0.15) is 0 Å². The Morgan fingerprint density at radius 3 is 2.21 bits per heavy atom. The molecule has 0 aliphatic heterocycles. The van der Waals surface area contributed by atoms with Crippen LogP contribution in [0.2, 0.25) is 0 Å². The normalized spacial score (nSPS) is 31.7. The molecule has 0 spiro atoms. The highest BCUT2D eigenvalue weighted by atomic mass is 19.1. The van der Waals surface area contributed by atoms with Gasteiger partial charge < -0.3 is 0 Å². The molecule has 0 radical (unpaired) electrons. The Labute approximate surface area is 210 Å². The van der Waals surface area contributed by atoms with Crippen molar-refractivity contribution in [3.8, 4) is 0 Å². The van der Waals surface area contributed by atoms with Crippen LogP contribution in [0.4, 0.5) is 4.39 Å². The van der Waals surface area contributed by atoms with Gasteiger partial charge in [0.1, 0.15) is 5.82 Å². The van der Waals surface area contributed by atoms with Gasteiger partial charge in [0.2, 0.25) is 0 Å². The predicted molar refractivity (Wildman–Crippen MR) is 145 cm³/mol. The number of hydrogen-bond acceptors (Lipinski definition) is 0. The summed E-state index contributed by atoms with van der Waals surface area (Å²) in [4.78, 5) is 0. The van der Waals surface area contributed by atoms with Crippen LogP contribution in [0.25, 0.3) is 0 Å². The summed E-state index contributed by atoms with van der Waals surface area (Å²) in [6, 6.07) is 6.02. The monoisotopic (exact) mass is 466 g/mol. The number of halogens is 1. The fourth-order valence-electron chi connectivity index (χ4n) is 7.83. The van der Waals surface area contributed by atoms with Crippen LogP contribution in [0.5, 0.6) is 0 Å². The lowest BCUT2D eigenvalue weighted by atomic mass is 9.63. The molecular weight excluding hydrogens is 415 g/mol. The molecule has 34 heavy (non-hydrogen) atoms. The van der Waals surface area contributed by atoms with Crippen molar-refractivity contribution in [2.75, 3.05) is 0 Å². The Morgan fingerprint density at radius 1 is 0.794 bits per heavy atom. The van der Waals surface area contributed by atoms with Crippen LogP contribution in [0, 0.1) is 35.4 Å². The SMILES string of the molecule is C=CCc1ccc(C2CCC3CC(CCC4CCC(CCCCCC)CC4)CCC3C2)cc1F. The maximum absolute atomic E-state index is 14.5. The molecule has 0 bridgehead atoms. The fourth-order valence-corrected chi connectivity index (χ4v) is 7.83. The lowest BCUT2D eigenvalue weighted by molar-refractivity contribution is 0.108. The summed E-state index contributed by atoms with van der Waals surface area (Å²) in [5, 5.41) is 0. The largest absolute Gasteiger partial charge is 0.207 e. The molecule has 4 unspecified atom stereocenters. The van der Waals surface area contributed by atoms with Crippen LogP contribution in [0.1, 0.15) is 133 Å². The van der Waals surface area contributed by atoms with E-state index in [-0.39, 0.29) is 5.82 Å². The summed E-state index contributed by atoms with van der Waals surface area (Å²) >= 11 is 0. The molecule has 3 saturated carbocycles. The van der Waals surface area contributed by atoms with Gasteiger partial charge in [0.25, 0.3) is 0 Å². The van der Waals surface area contributed by atoms with Gasteiger partial charge in [0, 0.05) is 0 Å². The molecule has 0 amide bonds. The Morgan fingerprint density at radius 2 is 1.47 bits per heavy atom. The highest BCUT2D eigenvalue weighted by Gasteiger charge is 2.36. The van der Waals surface area contributed by atoms with Crippen molar-refractivity contribution >= 4 is 0 Å². The zero-order valence-corrected chi connectivity index (χ0v) is 22.1. The highest BCUT2D eigenvalue weighted by molar-refractivity contribution is 5.28. The van der Waals surface area contributed by atoms with E-state index in [4.69, 9.17) is 0 Å². The van der Waals surface area contributed by atoms with Crippen LogP contribution in [0.3, 0.4) is 0 Å². The van der Waals surface area contributed by atoms with E-state index in [1.807, 2.05) is 12.1 Å². The highest BCUT2D eigenvalue weighted by Crippen LogP contribution is 2.49. The first-order valence-corrected chi connectivity index (χ1v) is 15.0. The van der Waals surface area contributed by atoms with Gasteiger partial charge in [0.05, 0.1) is 0 Å². The Kier molecular flexibility index (Phi) is 10.1. The molecule has 0 N–H and O–H groups in total. The maximum Gasteiger partial charge on any atom is 0.126 e. The Hall–Kier alpha value is -1.11. The van der Waals surface area contributed by atoms with Gasteiger partial charge >= 0.3 is 0 Å². The van der Waals surface area contributed by atoms with Crippen molar-refractivity contribution < 1.29 is 4.39 Å². The lowest BCUT2D eigenvalue weighted by Gasteiger charge is -2.43. The van der Waals surface area contributed by atoms with E-state index in [1.165, 1.54) is 115 Å². The summed E-state index contributed by atoms with van der Waals surface area (Å²) in [5.41, 5.74) is 2.03. The molecular formula is C33H51F. The van der Waals surface area contributed by atoms with Crippen LogP contribution in [-0.4, -0.2) is 0 Å². The molecule has 3 aliphatic rings. The minimum absolute atomic E-state index is 0.0336. The van der Waals surface area contributed by atoms with E-state index >= 15 is 0 Å². The second-order valence-electron chi connectivity index (χ2n) is 12.4. The summed E-state index contributed by atoms with van der Waals surface area (Å²) in [6.07, 6.45) is 27.0. The van der Waals surface area contributed by atoms with Crippen molar-refractivity contribution in [2.45, 2.75) is 128 Å². The molecule has 3 fully saturated rings. The number of rotatable bonds is 11. The summed E-state index contributed by atoms with van der Waals surface area (Å²) in [6.45, 7) is 6.07. The van der Waals surface area contributed by atoms with Gasteiger partial charge in [-0.05, 0) is 91.2 Å². The summed E-state index contributed by atoms with van der Waals surface area (Å²) < 4.78 is 14.5. The van der Waals surface area contributed by atoms with Crippen LogP contribution in [-0.2, 0) is 6.42 Å². The summed E-state index contributed by atoms with van der Waals surface area (Å²) in [7, 11) is 0. The first-order chi connectivity index (χ1) is 16.7. The van der Waals surface area contributed by atoms with Crippen LogP contribution < -0.4 is 0 Å². The zero-order chi connectivity index (χ0) is 23.8. The van der Waals surface area contributed by atoms with Crippen molar-refractivity contribution in [1.29, 1.82) is 0 Å². The Bertz CT molecular complexity index is 743. The van der Waals surface area contributed by atoms with Gasteiger partial charge in [-0.25, -0.2) is 4.39 Å². The third-order valence-corrected chi connectivity index (χ3v) is 10.0. The first-order valence-electron chi connectivity index (χ1n) is 15.0. The molecule has 0 nitrogen and oxygen atoms in total. The average molecular weight is 467 g/mol. The average Bonchev–Trinajstić information content (AvgIpc) is 2.87. The van der Waals surface area contributed by atoms with Gasteiger partial charge in [-0.15, -0.1) is 6.58 Å². The molecule has 190 valence electrons. The second kappa shape index (κ2) is 13.3. The van der Waals surface area contributed by atoms with E-state index in [1.54, 1.807) is 6.08 Å². The molecule has 0 saturated heterocycles. The fraction of sp³-hybridized carbons (Fsp3) is 0.758. The molecule has 3 aliphatic carbocycles. The molecule has 4 atom stereocenters. The van der Waals surface area contributed by atoms with Crippen LogP contribution in [0.15, 0.2) is 30.9 Å². The smallest absolute Gasteiger partial charge is 0.126 e. The third-order valence-electron chi connectivity index (χ3n) is 10.0.